The number of para-hydroxylation sites is 1. The minimum Gasteiger partial charge on any atom is -0.459 e. The molecule has 0 atom stereocenters. The van der Waals surface area contributed by atoms with Gasteiger partial charge in [0.25, 0.3) is 0 Å². The number of halogens is 1. The van der Waals surface area contributed by atoms with Crippen molar-refractivity contribution < 1.29 is 4.42 Å². The second-order valence-corrected chi connectivity index (χ2v) is 4.95. The number of nitrogen functional groups attached to an aromatic ring is 1. The topological polar surface area (TPSA) is 57.0 Å². The monoisotopic (exact) mass is 339 g/mol. The summed E-state index contributed by atoms with van der Waals surface area (Å²) < 4.78 is 8.41. The van der Waals surface area contributed by atoms with E-state index in [0.29, 0.717) is 12.4 Å². The summed E-state index contributed by atoms with van der Waals surface area (Å²) in [6.07, 6.45) is 1.75. The van der Waals surface area contributed by atoms with Gasteiger partial charge in [-0.1, -0.05) is 18.2 Å². The van der Waals surface area contributed by atoms with Crippen molar-refractivity contribution in [2.45, 2.75) is 6.54 Å². The van der Waals surface area contributed by atoms with Crippen molar-refractivity contribution in [3.63, 3.8) is 0 Å². The van der Waals surface area contributed by atoms with Crippen LogP contribution in [0.5, 0.6) is 0 Å². The Bertz CT molecular complexity index is 638. The highest BCUT2D eigenvalue weighted by molar-refractivity contribution is 14.1. The van der Waals surface area contributed by atoms with Gasteiger partial charge in [0.15, 0.2) is 0 Å². The zero-order valence-electron chi connectivity index (χ0n) is 8.93. The number of rotatable bonds is 2. The van der Waals surface area contributed by atoms with Gasteiger partial charge >= 0.3 is 0 Å². The number of furan rings is 1. The lowest BCUT2D eigenvalue weighted by atomic mass is 10.2. The molecule has 0 radical (unpaired) electrons. The molecule has 2 heterocycles. The summed E-state index contributed by atoms with van der Waals surface area (Å²) in [6.45, 7) is 0.559. The van der Waals surface area contributed by atoms with E-state index < -0.39 is 0 Å². The van der Waals surface area contributed by atoms with Gasteiger partial charge in [-0.15, -0.1) is 0 Å². The molecule has 0 aliphatic rings. The zero-order chi connectivity index (χ0) is 11.8. The van der Waals surface area contributed by atoms with Crippen LogP contribution in [0.4, 0.5) is 5.82 Å². The number of aromatic nitrogens is 2. The van der Waals surface area contributed by atoms with Gasteiger partial charge in [-0.3, -0.25) is 0 Å². The van der Waals surface area contributed by atoms with E-state index in [1.165, 1.54) is 0 Å². The molecule has 86 valence electrons. The molecule has 2 aromatic heterocycles. The first-order valence-corrected chi connectivity index (χ1v) is 6.26. The average Bonchev–Trinajstić information content (AvgIpc) is 2.87. The lowest BCUT2D eigenvalue weighted by Gasteiger charge is -2.00. The van der Waals surface area contributed by atoms with Crippen LogP contribution in [0.3, 0.4) is 0 Å². The van der Waals surface area contributed by atoms with Gasteiger partial charge in [-0.2, -0.15) is 5.10 Å². The second kappa shape index (κ2) is 4.06. The summed E-state index contributed by atoms with van der Waals surface area (Å²) in [4.78, 5) is 0. The summed E-state index contributed by atoms with van der Waals surface area (Å²) in [7, 11) is 0. The van der Waals surface area contributed by atoms with E-state index in [-0.39, 0.29) is 0 Å². The summed E-state index contributed by atoms with van der Waals surface area (Å²) >= 11 is 2.16. The Morgan fingerprint density at radius 1 is 1.35 bits per heavy atom. The standard InChI is InChI=1S/C12H10IN3O/c13-10-6-15-16(12(10)14)7-9-5-8-3-1-2-4-11(8)17-9/h1-6H,7,14H2. The van der Waals surface area contributed by atoms with Crippen LogP contribution in [0.15, 0.2) is 40.9 Å². The molecule has 0 aliphatic heterocycles. The van der Waals surface area contributed by atoms with E-state index in [4.69, 9.17) is 10.2 Å². The molecule has 0 unspecified atom stereocenters. The van der Waals surface area contributed by atoms with Crippen LogP contribution in [0.1, 0.15) is 5.76 Å². The minimum atomic E-state index is 0.559. The van der Waals surface area contributed by atoms with Crippen LogP contribution in [0, 0.1) is 3.57 Å². The third kappa shape index (κ3) is 1.90. The molecule has 1 aromatic carbocycles. The molecule has 0 saturated heterocycles. The molecular formula is C12H10IN3O. The van der Waals surface area contributed by atoms with Gasteiger partial charge in [0.05, 0.1) is 9.77 Å². The first-order valence-electron chi connectivity index (χ1n) is 5.18. The first kappa shape index (κ1) is 10.6. The summed E-state index contributed by atoms with van der Waals surface area (Å²) in [5.74, 6) is 1.53. The van der Waals surface area contributed by atoms with Crippen molar-refractivity contribution in [1.29, 1.82) is 0 Å². The maximum Gasteiger partial charge on any atom is 0.135 e. The molecule has 0 bridgehead atoms. The molecule has 17 heavy (non-hydrogen) atoms. The van der Waals surface area contributed by atoms with Crippen LogP contribution in [0.25, 0.3) is 11.0 Å². The second-order valence-electron chi connectivity index (χ2n) is 3.79. The maximum absolute atomic E-state index is 5.90. The Morgan fingerprint density at radius 2 is 2.18 bits per heavy atom. The van der Waals surface area contributed by atoms with Crippen LogP contribution in [-0.4, -0.2) is 9.78 Å². The van der Waals surface area contributed by atoms with Gasteiger partial charge in [-0.05, 0) is 34.7 Å². The molecule has 4 nitrogen and oxygen atoms in total. The van der Waals surface area contributed by atoms with Crippen LogP contribution in [0.2, 0.25) is 0 Å². The predicted octanol–water partition coefficient (Wildman–Crippen LogP) is 2.86. The van der Waals surface area contributed by atoms with E-state index in [1.807, 2.05) is 30.3 Å². The molecule has 0 spiro atoms. The number of hydrogen-bond acceptors (Lipinski definition) is 3. The van der Waals surface area contributed by atoms with Gasteiger partial charge in [-0.25, -0.2) is 4.68 Å². The summed E-state index contributed by atoms with van der Waals surface area (Å²) in [5, 5.41) is 5.30. The molecule has 0 fully saturated rings. The number of nitrogens with zero attached hydrogens (tertiary/aromatic N) is 2. The van der Waals surface area contributed by atoms with Crippen molar-refractivity contribution >= 4 is 39.4 Å². The number of nitrogens with two attached hydrogens (primary N) is 1. The largest absolute Gasteiger partial charge is 0.459 e. The summed E-state index contributed by atoms with van der Waals surface area (Å²) in [6, 6.07) is 9.95. The van der Waals surface area contributed by atoms with E-state index >= 15 is 0 Å². The van der Waals surface area contributed by atoms with Gasteiger partial charge in [0.1, 0.15) is 23.7 Å². The molecular weight excluding hydrogens is 329 g/mol. The Hall–Kier alpha value is -1.50. The van der Waals surface area contributed by atoms with Crippen molar-refractivity contribution in [1.82, 2.24) is 9.78 Å². The fourth-order valence-corrected chi connectivity index (χ4v) is 2.16. The number of hydrogen-bond donors (Lipinski definition) is 1. The lowest BCUT2D eigenvalue weighted by Crippen LogP contribution is -2.05. The smallest absolute Gasteiger partial charge is 0.135 e. The van der Waals surface area contributed by atoms with Crippen molar-refractivity contribution in [3.8, 4) is 0 Å². The first-order chi connectivity index (χ1) is 8.24. The van der Waals surface area contributed by atoms with Gasteiger partial charge < -0.3 is 10.2 Å². The van der Waals surface area contributed by atoms with E-state index in [1.54, 1.807) is 10.9 Å². The van der Waals surface area contributed by atoms with E-state index in [2.05, 4.69) is 27.7 Å². The highest BCUT2D eigenvalue weighted by Gasteiger charge is 2.08. The Balaban J connectivity index is 1.97. The highest BCUT2D eigenvalue weighted by Crippen LogP contribution is 2.21. The number of fused-ring (bicyclic) bond motifs is 1. The number of anilines is 1. The highest BCUT2D eigenvalue weighted by atomic mass is 127. The van der Waals surface area contributed by atoms with Gasteiger partial charge in [0.2, 0.25) is 0 Å². The normalized spacial score (nSPS) is 11.1. The Morgan fingerprint density at radius 3 is 2.88 bits per heavy atom. The van der Waals surface area contributed by atoms with Crippen molar-refractivity contribution in [2.75, 3.05) is 5.73 Å². The van der Waals surface area contributed by atoms with Crippen molar-refractivity contribution in [3.05, 3.63) is 45.9 Å². The van der Waals surface area contributed by atoms with E-state index in [9.17, 15) is 0 Å². The van der Waals surface area contributed by atoms with E-state index in [0.717, 1.165) is 20.3 Å². The van der Waals surface area contributed by atoms with Crippen LogP contribution >= 0.6 is 22.6 Å². The Kier molecular flexibility index (Phi) is 2.54. The van der Waals surface area contributed by atoms with Crippen LogP contribution < -0.4 is 5.73 Å². The quantitative estimate of drug-likeness (QED) is 0.731. The third-order valence-electron chi connectivity index (χ3n) is 2.62. The molecule has 3 rings (SSSR count). The Labute approximate surface area is 112 Å². The average molecular weight is 339 g/mol. The SMILES string of the molecule is Nc1c(I)cnn1Cc1cc2ccccc2o1. The van der Waals surface area contributed by atoms with Crippen molar-refractivity contribution in [2.24, 2.45) is 0 Å². The zero-order valence-corrected chi connectivity index (χ0v) is 11.1. The molecule has 3 aromatic rings. The molecule has 0 amide bonds. The fourth-order valence-electron chi connectivity index (χ4n) is 1.76. The van der Waals surface area contributed by atoms with Crippen LogP contribution in [-0.2, 0) is 6.54 Å². The maximum atomic E-state index is 5.90. The van der Waals surface area contributed by atoms with Gasteiger partial charge in [0, 0.05) is 5.39 Å². The molecule has 2 N–H and O–H groups in total. The third-order valence-corrected chi connectivity index (χ3v) is 3.45. The summed E-state index contributed by atoms with van der Waals surface area (Å²) in [5.41, 5.74) is 6.79. The minimum absolute atomic E-state index is 0.559. The lowest BCUT2D eigenvalue weighted by molar-refractivity contribution is 0.512. The fraction of sp³-hybridized carbons (Fsp3) is 0.0833. The predicted molar refractivity (Wildman–Crippen MR) is 74.7 cm³/mol. The molecule has 0 saturated carbocycles. The number of benzene rings is 1. The molecule has 5 heteroatoms. The molecule has 0 aliphatic carbocycles.